The van der Waals surface area contributed by atoms with Gasteiger partial charge in [-0.05, 0) is 44.4 Å². The number of allylic oxidation sites excluding steroid dienone is 2. The molecule has 0 aromatic heterocycles. The first-order valence-corrected chi connectivity index (χ1v) is 10.2. The predicted octanol–water partition coefficient (Wildman–Crippen LogP) is 6.12. The molecule has 1 aliphatic heterocycles. The zero-order valence-electron chi connectivity index (χ0n) is 15.7. The number of unbranched alkanes of at least 4 members (excludes halogenated alkanes) is 9. The van der Waals surface area contributed by atoms with Gasteiger partial charge in [-0.1, -0.05) is 64.0 Å². The summed E-state index contributed by atoms with van der Waals surface area (Å²) >= 11 is 0. The van der Waals surface area contributed by atoms with E-state index in [2.05, 4.69) is 19.1 Å². The minimum Gasteiger partial charge on any atom is -0.481 e. The molecule has 0 aromatic carbocycles. The highest BCUT2D eigenvalue weighted by atomic mass is 16.6. The summed E-state index contributed by atoms with van der Waals surface area (Å²) in [7, 11) is 0. The highest BCUT2D eigenvalue weighted by Gasteiger charge is 2.27. The van der Waals surface area contributed by atoms with E-state index in [9.17, 15) is 4.79 Å². The molecule has 3 heteroatoms. The summed E-state index contributed by atoms with van der Waals surface area (Å²) in [5.74, 6) is -0.364. The fourth-order valence-corrected chi connectivity index (χ4v) is 3.28. The molecule has 2 atom stereocenters. The van der Waals surface area contributed by atoms with Crippen molar-refractivity contribution in [1.82, 2.24) is 0 Å². The van der Waals surface area contributed by atoms with Crippen LogP contribution in [0, 0.1) is 5.92 Å². The number of carboxylic acids is 1. The molecular formula is C21H38O3. The van der Waals surface area contributed by atoms with Gasteiger partial charge in [-0.15, -0.1) is 0 Å². The zero-order valence-corrected chi connectivity index (χ0v) is 15.7. The van der Waals surface area contributed by atoms with Crippen LogP contribution in [-0.4, -0.2) is 23.8 Å². The smallest absolute Gasteiger partial charge is 0.303 e. The first-order valence-electron chi connectivity index (χ1n) is 10.2. The van der Waals surface area contributed by atoms with Crippen molar-refractivity contribution in [3.05, 3.63) is 12.2 Å². The van der Waals surface area contributed by atoms with Gasteiger partial charge in [0.2, 0.25) is 0 Å². The van der Waals surface area contributed by atoms with Crippen LogP contribution < -0.4 is 0 Å². The second-order valence-electron chi connectivity index (χ2n) is 7.32. The molecule has 0 aromatic rings. The highest BCUT2D eigenvalue weighted by molar-refractivity contribution is 5.67. The Bertz CT molecular complexity index is 334. The van der Waals surface area contributed by atoms with Crippen LogP contribution in [0.1, 0.15) is 96.8 Å². The van der Waals surface area contributed by atoms with Crippen molar-refractivity contribution in [3.8, 4) is 0 Å². The Hall–Kier alpha value is -0.830. The molecule has 24 heavy (non-hydrogen) atoms. The molecule has 1 saturated heterocycles. The van der Waals surface area contributed by atoms with Crippen molar-refractivity contribution >= 4 is 5.97 Å². The average Bonchev–Trinajstić information content (AvgIpc) is 3.35. The molecule has 1 rings (SSSR count). The van der Waals surface area contributed by atoms with E-state index in [1.165, 1.54) is 64.2 Å². The fraction of sp³-hybridized carbons (Fsp3) is 0.857. The number of epoxide rings is 1. The van der Waals surface area contributed by atoms with Crippen molar-refractivity contribution in [1.29, 1.82) is 0 Å². The van der Waals surface area contributed by atoms with Gasteiger partial charge < -0.3 is 9.84 Å². The van der Waals surface area contributed by atoms with E-state index >= 15 is 0 Å². The number of carbonyl (C=O) groups is 1. The van der Waals surface area contributed by atoms with Gasteiger partial charge >= 0.3 is 5.97 Å². The van der Waals surface area contributed by atoms with E-state index in [0.717, 1.165) is 25.9 Å². The number of rotatable bonds is 17. The van der Waals surface area contributed by atoms with E-state index in [-0.39, 0.29) is 0 Å². The lowest BCUT2D eigenvalue weighted by molar-refractivity contribution is -0.138. The molecular weight excluding hydrogens is 300 g/mol. The Labute approximate surface area is 148 Å². The van der Waals surface area contributed by atoms with Crippen molar-refractivity contribution < 1.29 is 14.6 Å². The third-order valence-electron chi connectivity index (χ3n) is 4.84. The van der Waals surface area contributed by atoms with Crippen LogP contribution in [0.2, 0.25) is 0 Å². The van der Waals surface area contributed by atoms with Gasteiger partial charge in [-0.25, -0.2) is 0 Å². The van der Waals surface area contributed by atoms with E-state index in [4.69, 9.17) is 9.84 Å². The summed E-state index contributed by atoms with van der Waals surface area (Å²) in [5, 5.41) is 8.97. The minimum atomic E-state index is -0.668. The fourth-order valence-electron chi connectivity index (χ4n) is 3.28. The lowest BCUT2D eigenvalue weighted by Crippen LogP contribution is -2.10. The first-order chi connectivity index (χ1) is 11.7. The first kappa shape index (κ1) is 21.2. The third kappa shape index (κ3) is 13.6. The Morgan fingerprint density at radius 3 is 2.21 bits per heavy atom. The SMILES string of the molecule is CCCCCCCC/C=C\CCCCCC(CC(=O)O)CC1CO1. The second-order valence-corrected chi connectivity index (χ2v) is 7.32. The van der Waals surface area contributed by atoms with Gasteiger partial charge in [0.15, 0.2) is 0 Å². The summed E-state index contributed by atoms with van der Waals surface area (Å²) < 4.78 is 5.24. The summed E-state index contributed by atoms with van der Waals surface area (Å²) in [4.78, 5) is 10.9. The van der Waals surface area contributed by atoms with E-state index in [0.29, 0.717) is 18.4 Å². The quantitative estimate of drug-likeness (QED) is 0.197. The van der Waals surface area contributed by atoms with Crippen molar-refractivity contribution in [3.63, 3.8) is 0 Å². The van der Waals surface area contributed by atoms with Crippen LogP contribution in [0.5, 0.6) is 0 Å². The second kappa shape index (κ2) is 14.5. The molecule has 2 unspecified atom stereocenters. The number of ether oxygens (including phenoxy) is 1. The number of hydrogen-bond acceptors (Lipinski definition) is 2. The topological polar surface area (TPSA) is 49.8 Å². The van der Waals surface area contributed by atoms with Crippen molar-refractivity contribution in [2.45, 2.75) is 103 Å². The Morgan fingerprint density at radius 1 is 1.04 bits per heavy atom. The maximum atomic E-state index is 10.9. The maximum absolute atomic E-state index is 10.9. The Morgan fingerprint density at radius 2 is 1.62 bits per heavy atom. The van der Waals surface area contributed by atoms with Gasteiger partial charge in [0.25, 0.3) is 0 Å². The summed E-state index contributed by atoms with van der Waals surface area (Å²) in [6.07, 6.45) is 21.5. The highest BCUT2D eigenvalue weighted by Crippen LogP contribution is 2.26. The monoisotopic (exact) mass is 338 g/mol. The van der Waals surface area contributed by atoms with Gasteiger partial charge in [-0.3, -0.25) is 4.79 Å². The maximum Gasteiger partial charge on any atom is 0.303 e. The number of carboxylic acid groups (broad SMARTS) is 1. The molecule has 140 valence electrons. The van der Waals surface area contributed by atoms with E-state index in [1.54, 1.807) is 0 Å². The van der Waals surface area contributed by atoms with Crippen LogP contribution in [0.3, 0.4) is 0 Å². The third-order valence-corrected chi connectivity index (χ3v) is 4.84. The van der Waals surface area contributed by atoms with Crippen LogP contribution >= 0.6 is 0 Å². The Balaban J connectivity index is 1.89. The lowest BCUT2D eigenvalue weighted by atomic mass is 9.93. The number of hydrogen-bond donors (Lipinski definition) is 1. The molecule has 1 heterocycles. The molecule has 3 nitrogen and oxygen atoms in total. The molecule has 1 N–H and O–H groups in total. The molecule has 0 saturated carbocycles. The summed E-state index contributed by atoms with van der Waals surface area (Å²) in [6.45, 7) is 3.09. The number of aliphatic carboxylic acids is 1. The Kier molecular flexibility index (Phi) is 12.8. The summed E-state index contributed by atoms with van der Waals surface area (Å²) in [5.41, 5.74) is 0. The van der Waals surface area contributed by atoms with E-state index < -0.39 is 5.97 Å². The van der Waals surface area contributed by atoms with Crippen LogP contribution in [-0.2, 0) is 9.53 Å². The van der Waals surface area contributed by atoms with Crippen LogP contribution in [0.25, 0.3) is 0 Å². The van der Waals surface area contributed by atoms with Crippen molar-refractivity contribution in [2.75, 3.05) is 6.61 Å². The molecule has 0 spiro atoms. The van der Waals surface area contributed by atoms with Gasteiger partial charge in [0.05, 0.1) is 12.7 Å². The molecule has 0 amide bonds. The molecule has 1 aliphatic rings. The molecule has 1 fully saturated rings. The standard InChI is InChI=1S/C21H38O3/c1-2-3-4-5-6-7-8-9-10-11-12-13-14-15-19(17-21(22)23)16-20-18-24-20/h9-10,19-20H,2-8,11-18H2,1H3,(H,22,23)/b10-9-. The largest absolute Gasteiger partial charge is 0.481 e. The van der Waals surface area contributed by atoms with E-state index in [1.807, 2.05) is 0 Å². The van der Waals surface area contributed by atoms with Gasteiger partial charge in [0.1, 0.15) is 0 Å². The van der Waals surface area contributed by atoms with Crippen molar-refractivity contribution in [2.24, 2.45) is 5.92 Å². The molecule has 0 aliphatic carbocycles. The minimum absolute atomic E-state index is 0.304. The zero-order chi connectivity index (χ0) is 17.5. The van der Waals surface area contributed by atoms with Gasteiger partial charge in [0, 0.05) is 6.42 Å². The molecule has 0 bridgehead atoms. The predicted molar refractivity (Wildman–Crippen MR) is 100 cm³/mol. The lowest BCUT2D eigenvalue weighted by Gasteiger charge is -2.12. The van der Waals surface area contributed by atoms with Gasteiger partial charge in [-0.2, -0.15) is 0 Å². The average molecular weight is 339 g/mol. The normalized spacial score (nSPS) is 18.1. The van der Waals surface area contributed by atoms with Crippen LogP contribution in [0.4, 0.5) is 0 Å². The van der Waals surface area contributed by atoms with Crippen LogP contribution in [0.15, 0.2) is 12.2 Å². The molecule has 0 radical (unpaired) electrons. The summed E-state index contributed by atoms with van der Waals surface area (Å²) in [6, 6.07) is 0.